The molecule has 1 atom stereocenters. The van der Waals surface area contributed by atoms with Crippen LogP contribution in [0.4, 0.5) is 0 Å². The van der Waals surface area contributed by atoms with E-state index in [1.54, 1.807) is 14.2 Å². The Morgan fingerprint density at radius 1 is 0.966 bits per heavy atom. The van der Waals surface area contributed by atoms with Gasteiger partial charge in [0.25, 0.3) is 0 Å². The Morgan fingerprint density at radius 2 is 1.76 bits per heavy atom. The number of nitrogens with zero attached hydrogens (tertiary/aromatic N) is 2. The molecule has 2 aromatic rings. The van der Waals surface area contributed by atoms with E-state index in [0.29, 0.717) is 18.4 Å². The normalized spacial score (nSPS) is 17.1. The molecule has 5 heteroatoms. The minimum Gasteiger partial charge on any atom is -0.493 e. The van der Waals surface area contributed by atoms with E-state index in [-0.39, 0.29) is 0 Å². The predicted octanol–water partition coefficient (Wildman–Crippen LogP) is 5.27. The van der Waals surface area contributed by atoms with Gasteiger partial charge in [-0.15, -0.1) is 0 Å². The smallest absolute Gasteiger partial charge is 0.203 e. The van der Waals surface area contributed by atoms with Gasteiger partial charge in [-0.1, -0.05) is 31.4 Å². The minimum absolute atomic E-state index is 0.541. The summed E-state index contributed by atoms with van der Waals surface area (Å²) in [6.07, 6.45) is 12.4. The number of methoxy groups -OCH3 is 2. The molecule has 1 unspecified atom stereocenters. The number of piperidine rings is 1. The minimum atomic E-state index is 0.541. The summed E-state index contributed by atoms with van der Waals surface area (Å²) in [5.41, 5.74) is 1.37. The van der Waals surface area contributed by atoms with Crippen LogP contribution in [-0.2, 0) is 0 Å². The first-order chi connectivity index (χ1) is 14.3. The van der Waals surface area contributed by atoms with Gasteiger partial charge < -0.3 is 14.2 Å². The lowest BCUT2D eigenvalue weighted by Crippen LogP contribution is -2.34. The Kier molecular flexibility index (Phi) is 8.62. The SMILES string of the molecule is COc1cccc(OC)c1OCCCCCCN1CCCCC1c1cccnc1. The standard InChI is InChI=1S/C24H34N2O3/c1-27-22-13-9-14-23(28-2)24(22)29-18-8-4-3-6-16-26-17-7-5-12-21(26)20-11-10-15-25-19-20/h9-11,13-15,19,21H,3-8,12,16-18H2,1-2H3. The Morgan fingerprint density at radius 3 is 2.48 bits per heavy atom. The van der Waals surface area contributed by atoms with Gasteiger partial charge in [-0.25, -0.2) is 0 Å². The van der Waals surface area contributed by atoms with Crippen molar-refractivity contribution in [2.45, 2.75) is 51.0 Å². The number of aromatic nitrogens is 1. The van der Waals surface area contributed by atoms with Gasteiger partial charge in [-0.05, 0) is 62.5 Å². The summed E-state index contributed by atoms with van der Waals surface area (Å²) in [5, 5.41) is 0. The van der Waals surface area contributed by atoms with Gasteiger partial charge in [-0.3, -0.25) is 9.88 Å². The van der Waals surface area contributed by atoms with E-state index in [1.807, 2.05) is 30.6 Å². The summed E-state index contributed by atoms with van der Waals surface area (Å²) >= 11 is 0. The van der Waals surface area contributed by atoms with Crippen LogP contribution < -0.4 is 14.2 Å². The van der Waals surface area contributed by atoms with Gasteiger partial charge in [0.05, 0.1) is 20.8 Å². The summed E-state index contributed by atoms with van der Waals surface area (Å²) in [6.45, 7) is 3.05. The molecule has 0 saturated carbocycles. The summed E-state index contributed by atoms with van der Waals surface area (Å²) in [7, 11) is 3.31. The van der Waals surface area contributed by atoms with Crippen LogP contribution in [0.3, 0.4) is 0 Å². The first-order valence-electron chi connectivity index (χ1n) is 10.8. The molecule has 2 heterocycles. The second-order valence-electron chi connectivity index (χ2n) is 7.59. The number of unbranched alkanes of at least 4 members (excludes halogenated alkanes) is 3. The number of pyridine rings is 1. The van der Waals surface area contributed by atoms with Crippen LogP contribution in [0.1, 0.15) is 56.6 Å². The lowest BCUT2D eigenvalue weighted by atomic mass is 9.96. The Hall–Kier alpha value is -2.27. The van der Waals surface area contributed by atoms with Crippen molar-refractivity contribution < 1.29 is 14.2 Å². The van der Waals surface area contributed by atoms with Gasteiger partial charge in [-0.2, -0.15) is 0 Å². The lowest BCUT2D eigenvalue weighted by Gasteiger charge is -2.36. The van der Waals surface area contributed by atoms with Crippen molar-refractivity contribution in [3.63, 3.8) is 0 Å². The van der Waals surface area contributed by atoms with Crippen LogP contribution in [0.5, 0.6) is 17.2 Å². The Balaban J connectivity index is 1.37. The van der Waals surface area contributed by atoms with Gasteiger partial charge in [0.1, 0.15) is 0 Å². The summed E-state index contributed by atoms with van der Waals surface area (Å²) in [5.74, 6) is 2.14. The number of para-hydroxylation sites is 1. The molecular weight excluding hydrogens is 364 g/mol. The first kappa shape index (κ1) is 21.4. The number of hydrogen-bond donors (Lipinski definition) is 0. The fraction of sp³-hybridized carbons (Fsp3) is 0.542. The number of hydrogen-bond acceptors (Lipinski definition) is 5. The third-order valence-corrected chi connectivity index (χ3v) is 5.65. The van der Waals surface area contributed by atoms with E-state index in [9.17, 15) is 0 Å². The summed E-state index contributed by atoms with van der Waals surface area (Å²) in [6, 6.07) is 10.5. The Labute approximate surface area is 175 Å². The van der Waals surface area contributed by atoms with Gasteiger partial charge in [0.15, 0.2) is 11.5 Å². The molecule has 1 saturated heterocycles. The molecular formula is C24H34N2O3. The highest BCUT2D eigenvalue weighted by molar-refractivity contribution is 5.51. The van der Waals surface area contributed by atoms with E-state index < -0.39 is 0 Å². The monoisotopic (exact) mass is 398 g/mol. The molecule has 1 fully saturated rings. The Bertz CT molecular complexity index is 701. The van der Waals surface area contributed by atoms with Crippen molar-refractivity contribution in [2.75, 3.05) is 33.9 Å². The predicted molar refractivity (Wildman–Crippen MR) is 116 cm³/mol. The highest BCUT2D eigenvalue weighted by atomic mass is 16.5. The van der Waals surface area contributed by atoms with Gasteiger partial charge in [0.2, 0.25) is 5.75 Å². The maximum atomic E-state index is 5.95. The van der Waals surface area contributed by atoms with E-state index in [1.165, 1.54) is 57.2 Å². The lowest BCUT2D eigenvalue weighted by molar-refractivity contribution is 0.145. The average Bonchev–Trinajstić information content (AvgIpc) is 2.79. The van der Waals surface area contributed by atoms with Crippen LogP contribution in [0, 0.1) is 0 Å². The maximum Gasteiger partial charge on any atom is 0.203 e. The summed E-state index contributed by atoms with van der Waals surface area (Å²) < 4.78 is 16.7. The van der Waals surface area contributed by atoms with Crippen molar-refractivity contribution in [3.8, 4) is 17.2 Å². The van der Waals surface area contributed by atoms with Crippen LogP contribution in [0.2, 0.25) is 0 Å². The fourth-order valence-electron chi connectivity index (χ4n) is 4.11. The van der Waals surface area contributed by atoms with Crippen molar-refractivity contribution in [1.29, 1.82) is 0 Å². The molecule has 29 heavy (non-hydrogen) atoms. The number of ether oxygens (including phenoxy) is 3. The van der Waals surface area contributed by atoms with Crippen LogP contribution in [0.15, 0.2) is 42.7 Å². The second-order valence-corrected chi connectivity index (χ2v) is 7.59. The molecule has 1 aromatic carbocycles. The molecule has 0 bridgehead atoms. The number of likely N-dealkylation sites (tertiary alicyclic amines) is 1. The highest BCUT2D eigenvalue weighted by Crippen LogP contribution is 2.37. The molecule has 1 aliphatic rings. The zero-order valence-corrected chi connectivity index (χ0v) is 17.8. The van der Waals surface area contributed by atoms with Crippen LogP contribution in [0.25, 0.3) is 0 Å². The molecule has 0 amide bonds. The van der Waals surface area contributed by atoms with Crippen molar-refractivity contribution in [3.05, 3.63) is 48.3 Å². The molecule has 1 aromatic heterocycles. The third kappa shape index (κ3) is 6.10. The zero-order valence-electron chi connectivity index (χ0n) is 17.8. The van der Waals surface area contributed by atoms with Crippen molar-refractivity contribution >= 4 is 0 Å². The highest BCUT2D eigenvalue weighted by Gasteiger charge is 2.23. The first-order valence-corrected chi connectivity index (χ1v) is 10.8. The molecule has 0 spiro atoms. The van der Waals surface area contributed by atoms with E-state index in [2.05, 4.69) is 22.0 Å². The van der Waals surface area contributed by atoms with Crippen molar-refractivity contribution in [1.82, 2.24) is 9.88 Å². The van der Waals surface area contributed by atoms with Crippen molar-refractivity contribution in [2.24, 2.45) is 0 Å². The number of rotatable bonds is 11. The molecule has 0 N–H and O–H groups in total. The topological polar surface area (TPSA) is 43.8 Å². The van der Waals surface area contributed by atoms with Gasteiger partial charge >= 0.3 is 0 Å². The van der Waals surface area contributed by atoms with Gasteiger partial charge in [0, 0.05) is 18.4 Å². The molecule has 0 radical (unpaired) electrons. The molecule has 158 valence electrons. The average molecular weight is 399 g/mol. The maximum absolute atomic E-state index is 5.95. The van der Waals surface area contributed by atoms with E-state index >= 15 is 0 Å². The van der Waals surface area contributed by atoms with E-state index in [4.69, 9.17) is 14.2 Å². The molecule has 1 aliphatic heterocycles. The van der Waals surface area contributed by atoms with E-state index in [0.717, 1.165) is 17.9 Å². The second kappa shape index (κ2) is 11.7. The fourth-order valence-corrected chi connectivity index (χ4v) is 4.11. The third-order valence-electron chi connectivity index (χ3n) is 5.65. The summed E-state index contributed by atoms with van der Waals surface area (Å²) in [4.78, 5) is 6.97. The largest absolute Gasteiger partial charge is 0.493 e. The molecule has 3 rings (SSSR count). The van der Waals surface area contributed by atoms with Crippen LogP contribution in [-0.4, -0.2) is 43.8 Å². The quantitative estimate of drug-likeness (QED) is 0.483. The number of benzene rings is 1. The van der Waals surface area contributed by atoms with Crippen LogP contribution >= 0.6 is 0 Å². The molecule has 5 nitrogen and oxygen atoms in total. The molecule has 0 aliphatic carbocycles. The zero-order chi connectivity index (χ0) is 20.3.